The number of nitrogens with one attached hydrogen (secondary N) is 2. The summed E-state index contributed by atoms with van der Waals surface area (Å²) in [5.74, 6) is 0. The molecule has 0 unspecified atom stereocenters. The monoisotopic (exact) mass is 234 g/mol. The number of carbonyl (C=O) groups excluding carboxylic acids is 1. The van der Waals surface area contributed by atoms with Gasteiger partial charge in [0.25, 0.3) is 0 Å². The number of aryl methyl sites for hydroxylation is 1. The Balaban J connectivity index is 1.86. The van der Waals surface area contributed by atoms with Crippen molar-refractivity contribution in [3.63, 3.8) is 0 Å². The number of aliphatic hydroxyl groups is 1. The van der Waals surface area contributed by atoms with Crippen LogP contribution in [-0.2, 0) is 0 Å². The van der Waals surface area contributed by atoms with E-state index in [1.165, 1.54) is 0 Å². The molecule has 4 heteroatoms. The lowest BCUT2D eigenvalue weighted by molar-refractivity contribution is 0.151. The number of benzene rings is 1. The lowest BCUT2D eigenvalue weighted by atomic mass is 10.2. The van der Waals surface area contributed by atoms with Gasteiger partial charge in [0, 0.05) is 5.69 Å². The fourth-order valence-corrected chi connectivity index (χ4v) is 2.08. The second-order valence-electron chi connectivity index (χ2n) is 4.57. The maximum atomic E-state index is 11.7. The minimum Gasteiger partial charge on any atom is -0.391 e. The largest absolute Gasteiger partial charge is 0.391 e. The molecule has 2 rings (SSSR count). The molecule has 17 heavy (non-hydrogen) atoms. The number of amides is 2. The summed E-state index contributed by atoms with van der Waals surface area (Å²) in [7, 11) is 0. The molecule has 0 aromatic heterocycles. The Morgan fingerprint density at radius 3 is 2.59 bits per heavy atom. The van der Waals surface area contributed by atoms with E-state index in [0.717, 1.165) is 30.5 Å². The Hall–Kier alpha value is -1.55. The van der Waals surface area contributed by atoms with E-state index in [9.17, 15) is 9.90 Å². The zero-order chi connectivity index (χ0) is 12.3. The average molecular weight is 234 g/mol. The number of aliphatic hydroxyl groups excluding tert-OH is 1. The minimum absolute atomic E-state index is 0.111. The standard InChI is InChI=1S/C13H18N2O2/c1-9-5-7-10(8-6-9)14-13(17)15-11-3-2-4-12(11)16/h5-8,11-12,16H,2-4H2,1H3,(H2,14,15,17)/t11-,12+/m0/s1. The van der Waals surface area contributed by atoms with Crippen LogP contribution in [0.5, 0.6) is 0 Å². The molecule has 0 bridgehead atoms. The van der Waals surface area contributed by atoms with Gasteiger partial charge in [0.2, 0.25) is 0 Å². The third-order valence-corrected chi connectivity index (χ3v) is 3.11. The summed E-state index contributed by atoms with van der Waals surface area (Å²) in [5.41, 5.74) is 1.92. The molecule has 1 aliphatic carbocycles. The van der Waals surface area contributed by atoms with Crippen LogP contribution in [-0.4, -0.2) is 23.3 Å². The van der Waals surface area contributed by atoms with Gasteiger partial charge >= 0.3 is 6.03 Å². The summed E-state index contributed by atoms with van der Waals surface area (Å²) in [6.45, 7) is 2.00. The van der Waals surface area contributed by atoms with Crippen LogP contribution in [0.4, 0.5) is 10.5 Å². The van der Waals surface area contributed by atoms with Crippen molar-refractivity contribution in [1.82, 2.24) is 5.32 Å². The molecule has 1 aromatic carbocycles. The molecule has 0 spiro atoms. The predicted octanol–water partition coefficient (Wildman–Crippen LogP) is 2.03. The maximum Gasteiger partial charge on any atom is 0.319 e. The van der Waals surface area contributed by atoms with E-state index >= 15 is 0 Å². The zero-order valence-corrected chi connectivity index (χ0v) is 9.94. The van der Waals surface area contributed by atoms with E-state index < -0.39 is 6.10 Å². The lowest BCUT2D eigenvalue weighted by Crippen LogP contribution is -2.42. The first-order valence-corrected chi connectivity index (χ1v) is 5.97. The molecule has 0 saturated heterocycles. The van der Waals surface area contributed by atoms with Crippen molar-refractivity contribution in [2.24, 2.45) is 0 Å². The number of hydrogen-bond acceptors (Lipinski definition) is 2. The van der Waals surface area contributed by atoms with Crippen molar-refractivity contribution in [2.75, 3.05) is 5.32 Å². The normalized spacial score (nSPS) is 23.4. The minimum atomic E-state index is -0.404. The Kier molecular flexibility index (Phi) is 3.64. The summed E-state index contributed by atoms with van der Waals surface area (Å²) in [6.07, 6.45) is 2.19. The molecule has 1 aromatic rings. The SMILES string of the molecule is Cc1ccc(NC(=O)N[C@H]2CCC[C@H]2O)cc1. The molecular formula is C13H18N2O2. The van der Waals surface area contributed by atoms with Crippen molar-refractivity contribution < 1.29 is 9.90 Å². The van der Waals surface area contributed by atoms with Gasteiger partial charge in [-0.15, -0.1) is 0 Å². The van der Waals surface area contributed by atoms with E-state index in [1.54, 1.807) is 0 Å². The van der Waals surface area contributed by atoms with Gasteiger partial charge in [-0.25, -0.2) is 4.79 Å². The molecule has 2 amide bonds. The Bertz CT molecular complexity index is 389. The van der Waals surface area contributed by atoms with Gasteiger partial charge in [-0.1, -0.05) is 17.7 Å². The van der Waals surface area contributed by atoms with Crippen LogP contribution in [0.3, 0.4) is 0 Å². The van der Waals surface area contributed by atoms with Crippen LogP contribution in [0.2, 0.25) is 0 Å². The van der Waals surface area contributed by atoms with Gasteiger partial charge in [0.15, 0.2) is 0 Å². The number of carbonyl (C=O) groups is 1. The molecule has 3 N–H and O–H groups in total. The van der Waals surface area contributed by atoms with Crippen LogP contribution in [0.25, 0.3) is 0 Å². The van der Waals surface area contributed by atoms with Crippen LogP contribution < -0.4 is 10.6 Å². The molecule has 0 heterocycles. The van der Waals surface area contributed by atoms with Crippen molar-refractivity contribution in [3.05, 3.63) is 29.8 Å². The summed E-state index contributed by atoms with van der Waals surface area (Å²) >= 11 is 0. The highest BCUT2D eigenvalue weighted by molar-refractivity contribution is 5.89. The number of hydrogen-bond donors (Lipinski definition) is 3. The molecular weight excluding hydrogens is 216 g/mol. The highest BCUT2D eigenvalue weighted by Crippen LogP contribution is 2.18. The first-order valence-electron chi connectivity index (χ1n) is 5.97. The first kappa shape index (κ1) is 11.9. The third kappa shape index (κ3) is 3.20. The predicted molar refractivity (Wildman–Crippen MR) is 67.0 cm³/mol. The Morgan fingerprint density at radius 2 is 2.00 bits per heavy atom. The Morgan fingerprint density at radius 1 is 1.29 bits per heavy atom. The topological polar surface area (TPSA) is 61.4 Å². The Labute approximate surface area is 101 Å². The summed E-state index contributed by atoms with van der Waals surface area (Å²) in [5, 5.41) is 15.1. The van der Waals surface area contributed by atoms with Crippen LogP contribution in [0.1, 0.15) is 24.8 Å². The van der Waals surface area contributed by atoms with E-state index in [0.29, 0.717) is 0 Å². The molecule has 0 radical (unpaired) electrons. The quantitative estimate of drug-likeness (QED) is 0.733. The van der Waals surface area contributed by atoms with Gasteiger partial charge in [-0.05, 0) is 38.3 Å². The van der Waals surface area contributed by atoms with Crippen molar-refractivity contribution in [1.29, 1.82) is 0 Å². The van der Waals surface area contributed by atoms with E-state index in [4.69, 9.17) is 0 Å². The van der Waals surface area contributed by atoms with E-state index in [2.05, 4.69) is 10.6 Å². The van der Waals surface area contributed by atoms with Gasteiger partial charge in [0.05, 0.1) is 12.1 Å². The molecule has 1 saturated carbocycles. The molecule has 1 aliphatic rings. The third-order valence-electron chi connectivity index (χ3n) is 3.11. The van der Waals surface area contributed by atoms with Crippen molar-refractivity contribution >= 4 is 11.7 Å². The van der Waals surface area contributed by atoms with Crippen molar-refractivity contribution in [2.45, 2.75) is 38.3 Å². The highest BCUT2D eigenvalue weighted by atomic mass is 16.3. The average Bonchev–Trinajstić information content (AvgIpc) is 2.68. The second-order valence-corrected chi connectivity index (χ2v) is 4.57. The van der Waals surface area contributed by atoms with Crippen LogP contribution in [0, 0.1) is 6.92 Å². The van der Waals surface area contributed by atoms with E-state index in [-0.39, 0.29) is 12.1 Å². The van der Waals surface area contributed by atoms with Gasteiger partial charge in [-0.3, -0.25) is 0 Å². The summed E-state index contributed by atoms with van der Waals surface area (Å²) in [4.78, 5) is 11.7. The number of anilines is 1. The summed E-state index contributed by atoms with van der Waals surface area (Å²) < 4.78 is 0. The molecule has 0 aliphatic heterocycles. The smallest absolute Gasteiger partial charge is 0.319 e. The van der Waals surface area contributed by atoms with Gasteiger partial charge in [0.1, 0.15) is 0 Å². The fraction of sp³-hybridized carbons (Fsp3) is 0.462. The maximum absolute atomic E-state index is 11.7. The first-order chi connectivity index (χ1) is 8.15. The van der Waals surface area contributed by atoms with Crippen molar-refractivity contribution in [3.8, 4) is 0 Å². The zero-order valence-electron chi connectivity index (χ0n) is 9.94. The van der Waals surface area contributed by atoms with E-state index in [1.807, 2.05) is 31.2 Å². The molecule has 92 valence electrons. The second kappa shape index (κ2) is 5.19. The highest BCUT2D eigenvalue weighted by Gasteiger charge is 2.26. The van der Waals surface area contributed by atoms with Crippen LogP contribution in [0.15, 0.2) is 24.3 Å². The van der Waals surface area contributed by atoms with Gasteiger partial charge in [-0.2, -0.15) is 0 Å². The number of rotatable bonds is 2. The van der Waals surface area contributed by atoms with Gasteiger partial charge < -0.3 is 15.7 Å². The fourth-order valence-electron chi connectivity index (χ4n) is 2.08. The van der Waals surface area contributed by atoms with Crippen LogP contribution >= 0.6 is 0 Å². The molecule has 4 nitrogen and oxygen atoms in total. The molecule has 2 atom stereocenters. The lowest BCUT2D eigenvalue weighted by Gasteiger charge is -2.16. The number of urea groups is 1. The molecule has 1 fully saturated rings. The summed E-state index contributed by atoms with van der Waals surface area (Å²) in [6, 6.07) is 7.25.